The van der Waals surface area contributed by atoms with E-state index in [0.29, 0.717) is 32.1 Å². The lowest BCUT2D eigenvalue weighted by Crippen LogP contribution is -1.88. The Bertz CT molecular complexity index is 574. The van der Waals surface area contributed by atoms with Gasteiger partial charge in [0.15, 0.2) is 0 Å². The molecule has 0 spiro atoms. The zero-order valence-electron chi connectivity index (χ0n) is 10.5. The van der Waals surface area contributed by atoms with E-state index in [9.17, 15) is 0 Å². The maximum Gasteiger partial charge on any atom is 0.251 e. The van der Waals surface area contributed by atoms with E-state index in [1.165, 1.54) is 23.5 Å². The van der Waals surface area contributed by atoms with Crippen LogP contribution in [0.1, 0.15) is 0 Å². The molecule has 114 valence electrons. The normalized spacial score (nSPS) is 11.3. The molecular weight excluding hydrogens is 354 g/mol. The van der Waals surface area contributed by atoms with Crippen LogP contribution in [0.15, 0.2) is 20.7 Å². The molecule has 13 heteroatoms. The molecule has 9 nitrogen and oxygen atoms in total. The first-order chi connectivity index (χ1) is 10.3. The first-order valence-electron chi connectivity index (χ1n) is 5.63. The fourth-order valence-electron chi connectivity index (χ4n) is 1.00. The van der Waals surface area contributed by atoms with Crippen molar-refractivity contribution < 1.29 is 10.2 Å². The number of rotatable bonds is 9. The molecule has 0 fully saturated rings. The van der Waals surface area contributed by atoms with Gasteiger partial charge in [-0.3, -0.25) is 0 Å². The number of aliphatic hydroxyl groups is 2. The zero-order valence-corrected chi connectivity index (χ0v) is 13.8. The molecule has 0 amide bonds. The van der Waals surface area contributed by atoms with Gasteiger partial charge in [-0.05, 0) is 0 Å². The fourth-order valence-corrected chi connectivity index (χ4v) is 3.44. The highest BCUT2D eigenvalue weighted by Crippen LogP contribution is 2.23. The monoisotopic (exact) mass is 365 g/mol. The highest BCUT2D eigenvalue weighted by atomic mass is 32.2. The highest BCUT2D eigenvalue weighted by molar-refractivity contribution is 7.99. The molecule has 2 aromatic heterocycles. The summed E-state index contributed by atoms with van der Waals surface area (Å²) >= 11 is 5.00. The van der Waals surface area contributed by atoms with Crippen molar-refractivity contribution in [1.82, 2.24) is 18.7 Å². The van der Waals surface area contributed by atoms with Crippen LogP contribution < -0.4 is 5.43 Å². The lowest BCUT2D eigenvalue weighted by Gasteiger charge is -1.90. The van der Waals surface area contributed by atoms with Gasteiger partial charge in [-0.25, -0.2) is 5.43 Å². The van der Waals surface area contributed by atoms with Gasteiger partial charge in [-0.1, -0.05) is 33.9 Å². The second kappa shape index (κ2) is 9.22. The van der Waals surface area contributed by atoms with Crippen molar-refractivity contribution in [3.63, 3.8) is 0 Å². The summed E-state index contributed by atoms with van der Waals surface area (Å²) in [6, 6.07) is 0. The second-order valence-electron chi connectivity index (χ2n) is 3.20. The lowest BCUT2D eigenvalue weighted by molar-refractivity contribution is 0.322. The molecule has 0 aromatic carbocycles. The Balaban J connectivity index is 1.81. The molecule has 0 unspecified atom stereocenters. The first-order valence-corrected chi connectivity index (χ1v) is 9.15. The number of thioether (sulfide) groups is 2. The Morgan fingerprint density at radius 3 is 2.38 bits per heavy atom. The van der Waals surface area contributed by atoms with E-state index in [1.54, 1.807) is 0 Å². The maximum absolute atomic E-state index is 8.71. The summed E-state index contributed by atoms with van der Waals surface area (Å²) in [7, 11) is 0. The summed E-state index contributed by atoms with van der Waals surface area (Å²) in [6.07, 6.45) is 0. The minimum Gasteiger partial charge on any atom is -0.396 e. The molecule has 2 rings (SSSR count). The molecule has 0 saturated heterocycles. The third-order valence-corrected chi connectivity index (χ3v) is 4.84. The number of nitrogens with one attached hydrogen (secondary N) is 1. The predicted molar refractivity (Wildman–Crippen MR) is 83.6 cm³/mol. The van der Waals surface area contributed by atoms with Gasteiger partial charge in [0.25, 0.3) is 5.13 Å². The number of hydrogen-bond acceptors (Lipinski definition) is 12. The van der Waals surface area contributed by atoms with Gasteiger partial charge < -0.3 is 10.2 Å². The highest BCUT2D eigenvalue weighted by Gasteiger charge is 2.05. The molecule has 3 N–H and O–H groups in total. The van der Waals surface area contributed by atoms with Crippen molar-refractivity contribution >= 4 is 56.9 Å². The van der Waals surface area contributed by atoms with Crippen molar-refractivity contribution in [2.24, 2.45) is 10.3 Å². The van der Waals surface area contributed by atoms with Gasteiger partial charge in [0.2, 0.25) is 15.4 Å². The van der Waals surface area contributed by atoms with E-state index in [-0.39, 0.29) is 13.2 Å². The Labute approximate surface area is 136 Å². The van der Waals surface area contributed by atoms with Gasteiger partial charge in [0.05, 0.1) is 13.2 Å². The average Bonchev–Trinajstić information content (AvgIpc) is 3.12. The largest absolute Gasteiger partial charge is 0.396 e. The molecule has 21 heavy (non-hydrogen) atoms. The maximum atomic E-state index is 8.71. The van der Waals surface area contributed by atoms with E-state index in [2.05, 4.69) is 34.5 Å². The Morgan fingerprint density at radius 2 is 1.67 bits per heavy atom. The van der Waals surface area contributed by atoms with Gasteiger partial charge in [-0.15, -0.1) is 0 Å². The summed E-state index contributed by atoms with van der Waals surface area (Å²) < 4.78 is 8.15. The molecule has 0 aliphatic carbocycles. The molecule has 0 aliphatic heterocycles. The standard InChI is InChI=1S/C8H11N7O2S4/c16-1-3-18-7-9-5(20-13-7)11-15-12-6-10-8(14-21-6)19-4-2-17/h16-17H,1-4H2,(H,9,10,11,12,13,14). The summed E-state index contributed by atoms with van der Waals surface area (Å²) in [6.45, 7) is 0.163. The van der Waals surface area contributed by atoms with Crippen LogP contribution in [-0.4, -0.2) is 53.6 Å². The number of anilines is 1. The van der Waals surface area contributed by atoms with E-state index in [4.69, 9.17) is 10.2 Å². The van der Waals surface area contributed by atoms with Gasteiger partial charge in [-0.2, -0.15) is 18.7 Å². The molecule has 0 radical (unpaired) electrons. The molecule has 2 heterocycles. The van der Waals surface area contributed by atoms with Crippen LogP contribution in [0, 0.1) is 0 Å². The Hall–Kier alpha value is -0.860. The van der Waals surface area contributed by atoms with E-state index < -0.39 is 0 Å². The SMILES string of the molecule is OCCSc1nsc(N=NNc2nc(SCCO)ns2)n1. The number of hydrogen-bond donors (Lipinski definition) is 3. The molecule has 0 bridgehead atoms. The predicted octanol–water partition coefficient (Wildman–Crippen LogP) is 1.67. The zero-order chi connectivity index (χ0) is 14.9. The summed E-state index contributed by atoms with van der Waals surface area (Å²) in [5, 5.41) is 27.2. The minimum absolute atomic E-state index is 0.0793. The van der Waals surface area contributed by atoms with Crippen LogP contribution in [-0.2, 0) is 0 Å². The van der Waals surface area contributed by atoms with Crippen LogP contribution in [0.3, 0.4) is 0 Å². The van der Waals surface area contributed by atoms with Crippen LogP contribution in [0.25, 0.3) is 0 Å². The quantitative estimate of drug-likeness (QED) is 0.345. The van der Waals surface area contributed by atoms with Crippen molar-refractivity contribution in [1.29, 1.82) is 0 Å². The van der Waals surface area contributed by atoms with Crippen molar-refractivity contribution in [3.05, 3.63) is 0 Å². The average molecular weight is 365 g/mol. The third kappa shape index (κ3) is 5.80. The van der Waals surface area contributed by atoms with Crippen LogP contribution in [0.5, 0.6) is 0 Å². The molecule has 0 saturated carbocycles. The van der Waals surface area contributed by atoms with Crippen LogP contribution in [0.4, 0.5) is 10.3 Å². The van der Waals surface area contributed by atoms with E-state index in [1.807, 2.05) is 0 Å². The summed E-state index contributed by atoms with van der Waals surface area (Å²) in [5.74, 6) is 1.10. The van der Waals surface area contributed by atoms with E-state index >= 15 is 0 Å². The number of aromatic nitrogens is 4. The number of nitrogens with zero attached hydrogens (tertiary/aromatic N) is 6. The van der Waals surface area contributed by atoms with Crippen molar-refractivity contribution in [3.8, 4) is 0 Å². The molecular formula is C8H11N7O2S4. The minimum atomic E-state index is 0.0793. The Kier molecular flexibility index (Phi) is 7.25. The summed E-state index contributed by atoms with van der Waals surface area (Å²) in [4.78, 5) is 8.27. The van der Waals surface area contributed by atoms with Crippen LogP contribution >= 0.6 is 46.6 Å². The second-order valence-corrected chi connectivity index (χ2v) is 6.80. The van der Waals surface area contributed by atoms with Gasteiger partial charge >= 0.3 is 0 Å². The fraction of sp³-hybridized carbons (Fsp3) is 0.500. The molecule has 0 aliphatic rings. The van der Waals surface area contributed by atoms with Gasteiger partial charge in [0.1, 0.15) is 0 Å². The van der Waals surface area contributed by atoms with Crippen molar-refractivity contribution in [2.45, 2.75) is 10.3 Å². The van der Waals surface area contributed by atoms with E-state index in [0.717, 1.165) is 23.1 Å². The van der Waals surface area contributed by atoms with Crippen molar-refractivity contribution in [2.75, 3.05) is 30.1 Å². The topological polar surface area (TPSA) is 129 Å². The third-order valence-electron chi connectivity index (χ3n) is 1.73. The van der Waals surface area contributed by atoms with Crippen LogP contribution in [0.2, 0.25) is 0 Å². The molecule has 2 aromatic rings. The lowest BCUT2D eigenvalue weighted by atomic mass is 10.9. The first kappa shape index (κ1) is 16.5. The smallest absolute Gasteiger partial charge is 0.251 e. The molecule has 0 atom stereocenters. The van der Waals surface area contributed by atoms with Gasteiger partial charge in [0, 0.05) is 34.6 Å². The number of aliphatic hydroxyl groups excluding tert-OH is 2. The summed E-state index contributed by atoms with van der Waals surface area (Å²) in [5.41, 5.74) is 2.66. The Morgan fingerprint density at radius 1 is 1.00 bits per heavy atom.